The molecule has 0 saturated heterocycles. The van der Waals surface area contributed by atoms with Gasteiger partial charge >= 0.3 is 5.97 Å². The summed E-state index contributed by atoms with van der Waals surface area (Å²) in [6.45, 7) is 0. The Kier molecular flexibility index (Phi) is 4.36. The summed E-state index contributed by atoms with van der Waals surface area (Å²) in [4.78, 5) is 14.3. The second kappa shape index (κ2) is 5.88. The van der Waals surface area contributed by atoms with E-state index in [4.69, 9.17) is 28.3 Å². The van der Waals surface area contributed by atoms with Crippen LogP contribution in [0.4, 0.5) is 5.69 Å². The second-order valence-electron chi connectivity index (χ2n) is 3.92. The van der Waals surface area contributed by atoms with Crippen molar-refractivity contribution in [2.24, 2.45) is 0 Å². The molecule has 0 aliphatic carbocycles. The van der Waals surface area contributed by atoms with Crippen LogP contribution in [0.15, 0.2) is 41.6 Å². The number of nitrogens with one attached hydrogen (secondary N) is 1. The molecular formula is C12H8Cl2N2O4S. The third-order valence-electron chi connectivity index (χ3n) is 2.43. The van der Waals surface area contributed by atoms with Gasteiger partial charge in [0, 0.05) is 11.2 Å². The number of hydrogen-bond acceptors (Lipinski definition) is 4. The minimum atomic E-state index is -3.97. The third kappa shape index (κ3) is 3.63. The predicted molar refractivity (Wildman–Crippen MR) is 78.5 cm³/mol. The van der Waals surface area contributed by atoms with Crippen molar-refractivity contribution < 1.29 is 18.3 Å². The molecule has 0 aliphatic heterocycles. The van der Waals surface area contributed by atoms with Crippen molar-refractivity contribution in [2.45, 2.75) is 5.03 Å². The van der Waals surface area contributed by atoms with Gasteiger partial charge in [0.15, 0.2) is 5.03 Å². The molecule has 2 aromatic rings. The summed E-state index contributed by atoms with van der Waals surface area (Å²) in [6, 6.07) is 6.52. The molecule has 0 saturated carbocycles. The first-order valence-corrected chi connectivity index (χ1v) is 7.71. The fourth-order valence-corrected chi connectivity index (χ4v) is 2.96. The van der Waals surface area contributed by atoms with Crippen LogP contribution < -0.4 is 4.72 Å². The van der Waals surface area contributed by atoms with Gasteiger partial charge in [-0.15, -0.1) is 0 Å². The van der Waals surface area contributed by atoms with Crippen LogP contribution in [-0.2, 0) is 10.0 Å². The summed E-state index contributed by atoms with van der Waals surface area (Å²) < 4.78 is 26.5. The summed E-state index contributed by atoms with van der Waals surface area (Å²) in [5, 5.41) is 8.92. The van der Waals surface area contributed by atoms with Gasteiger partial charge in [0.2, 0.25) is 0 Å². The number of sulfonamides is 1. The molecule has 0 fully saturated rings. The van der Waals surface area contributed by atoms with E-state index in [1.807, 2.05) is 0 Å². The lowest BCUT2D eigenvalue weighted by Crippen LogP contribution is -2.15. The Morgan fingerprint density at radius 2 is 1.90 bits per heavy atom. The van der Waals surface area contributed by atoms with Gasteiger partial charge < -0.3 is 5.11 Å². The van der Waals surface area contributed by atoms with Gasteiger partial charge in [0.05, 0.1) is 16.3 Å². The number of benzene rings is 1. The summed E-state index contributed by atoms with van der Waals surface area (Å²) >= 11 is 11.6. The van der Waals surface area contributed by atoms with Crippen LogP contribution in [0.25, 0.3) is 0 Å². The van der Waals surface area contributed by atoms with E-state index in [0.717, 1.165) is 18.3 Å². The highest BCUT2D eigenvalue weighted by Gasteiger charge is 2.18. The average Bonchev–Trinajstić information content (AvgIpc) is 2.42. The molecular weight excluding hydrogens is 339 g/mol. The standard InChI is InChI=1S/C12H8Cl2N2O4S/c13-8-2-3-10(9(14)5-8)16-21(19,20)11-4-1-7(6-15-11)12(17)18/h1-6,16H,(H,17,18). The van der Waals surface area contributed by atoms with Crippen LogP contribution >= 0.6 is 23.2 Å². The highest BCUT2D eigenvalue weighted by atomic mass is 35.5. The van der Waals surface area contributed by atoms with E-state index in [1.165, 1.54) is 18.2 Å². The predicted octanol–water partition coefficient (Wildman–Crippen LogP) is 2.89. The van der Waals surface area contributed by atoms with Gasteiger partial charge in [0.1, 0.15) is 0 Å². The van der Waals surface area contributed by atoms with Gasteiger partial charge in [-0.05, 0) is 30.3 Å². The Morgan fingerprint density at radius 1 is 1.19 bits per heavy atom. The first-order chi connectivity index (χ1) is 9.79. The topological polar surface area (TPSA) is 96.4 Å². The van der Waals surface area contributed by atoms with E-state index in [2.05, 4.69) is 9.71 Å². The molecule has 0 bridgehead atoms. The number of aromatic nitrogens is 1. The van der Waals surface area contributed by atoms with Gasteiger partial charge in [0.25, 0.3) is 10.0 Å². The number of halogens is 2. The van der Waals surface area contributed by atoms with Crippen molar-refractivity contribution in [3.05, 3.63) is 52.1 Å². The van der Waals surface area contributed by atoms with Crippen LogP contribution in [0.2, 0.25) is 10.0 Å². The Labute approximate surface area is 130 Å². The lowest BCUT2D eigenvalue weighted by Gasteiger charge is -2.09. The normalized spacial score (nSPS) is 11.1. The maximum absolute atomic E-state index is 12.1. The van der Waals surface area contributed by atoms with Crippen molar-refractivity contribution >= 4 is 44.9 Å². The zero-order valence-electron chi connectivity index (χ0n) is 10.2. The largest absolute Gasteiger partial charge is 0.478 e. The third-order valence-corrected chi connectivity index (χ3v) is 4.26. The highest BCUT2D eigenvalue weighted by molar-refractivity contribution is 7.92. The zero-order valence-corrected chi connectivity index (χ0v) is 12.6. The van der Waals surface area contributed by atoms with E-state index in [9.17, 15) is 13.2 Å². The van der Waals surface area contributed by atoms with E-state index in [1.54, 1.807) is 0 Å². The minimum Gasteiger partial charge on any atom is -0.478 e. The fourth-order valence-electron chi connectivity index (χ4n) is 1.44. The zero-order chi connectivity index (χ0) is 15.6. The fraction of sp³-hybridized carbons (Fsp3) is 0. The molecule has 0 amide bonds. The van der Waals surface area contributed by atoms with Crippen LogP contribution in [0.3, 0.4) is 0 Å². The minimum absolute atomic E-state index is 0.113. The lowest BCUT2D eigenvalue weighted by atomic mass is 10.3. The molecule has 110 valence electrons. The Bertz CT molecular complexity index is 791. The van der Waals surface area contributed by atoms with Crippen LogP contribution in [0, 0.1) is 0 Å². The first-order valence-electron chi connectivity index (χ1n) is 5.47. The number of carboxylic acids is 1. The Morgan fingerprint density at radius 3 is 2.43 bits per heavy atom. The van der Waals surface area contributed by atoms with Crippen LogP contribution in [0.1, 0.15) is 10.4 Å². The van der Waals surface area contributed by atoms with E-state index in [0.29, 0.717) is 5.02 Å². The molecule has 9 heteroatoms. The molecule has 2 N–H and O–H groups in total. The Hall–Kier alpha value is -1.83. The monoisotopic (exact) mass is 346 g/mol. The molecule has 2 rings (SSSR count). The average molecular weight is 347 g/mol. The van der Waals surface area contributed by atoms with Crippen molar-refractivity contribution in [3.63, 3.8) is 0 Å². The van der Waals surface area contributed by atoms with Gasteiger partial charge in [-0.1, -0.05) is 23.2 Å². The number of carbonyl (C=O) groups is 1. The number of carboxylic acid groups (broad SMARTS) is 1. The molecule has 1 heterocycles. The summed E-state index contributed by atoms with van der Waals surface area (Å²) in [5.41, 5.74) is 0.0312. The SMILES string of the molecule is O=C(O)c1ccc(S(=O)(=O)Nc2ccc(Cl)cc2Cl)nc1. The van der Waals surface area contributed by atoms with Gasteiger partial charge in [-0.3, -0.25) is 4.72 Å². The number of nitrogens with zero attached hydrogens (tertiary/aromatic N) is 1. The molecule has 0 aliphatic rings. The molecule has 0 unspecified atom stereocenters. The van der Waals surface area contributed by atoms with Gasteiger partial charge in [-0.2, -0.15) is 8.42 Å². The van der Waals surface area contributed by atoms with Crippen molar-refractivity contribution in [1.29, 1.82) is 0 Å². The maximum Gasteiger partial charge on any atom is 0.337 e. The number of aromatic carboxylic acids is 1. The summed E-state index contributed by atoms with van der Waals surface area (Å²) in [6.07, 6.45) is 0.959. The van der Waals surface area contributed by atoms with Crippen molar-refractivity contribution in [1.82, 2.24) is 4.98 Å². The molecule has 0 atom stereocenters. The number of pyridine rings is 1. The lowest BCUT2D eigenvalue weighted by molar-refractivity contribution is 0.0696. The summed E-state index contributed by atoms with van der Waals surface area (Å²) in [7, 11) is -3.97. The smallest absolute Gasteiger partial charge is 0.337 e. The van der Waals surface area contributed by atoms with Crippen molar-refractivity contribution in [3.8, 4) is 0 Å². The van der Waals surface area contributed by atoms with E-state index >= 15 is 0 Å². The molecule has 1 aromatic heterocycles. The molecule has 0 spiro atoms. The van der Waals surface area contributed by atoms with E-state index < -0.39 is 16.0 Å². The number of anilines is 1. The highest BCUT2D eigenvalue weighted by Crippen LogP contribution is 2.27. The quantitative estimate of drug-likeness (QED) is 0.887. The Balaban J connectivity index is 2.31. The molecule has 1 aromatic carbocycles. The van der Waals surface area contributed by atoms with Crippen molar-refractivity contribution in [2.75, 3.05) is 4.72 Å². The van der Waals surface area contributed by atoms with Crippen LogP contribution in [0.5, 0.6) is 0 Å². The molecule has 6 nitrogen and oxygen atoms in total. The number of hydrogen-bond donors (Lipinski definition) is 2. The first kappa shape index (κ1) is 15.6. The maximum atomic E-state index is 12.1. The second-order valence-corrected chi connectivity index (χ2v) is 6.39. The van der Waals surface area contributed by atoms with Crippen LogP contribution in [-0.4, -0.2) is 24.5 Å². The van der Waals surface area contributed by atoms with Gasteiger partial charge in [-0.25, -0.2) is 9.78 Å². The summed E-state index contributed by atoms with van der Waals surface area (Å²) in [5.74, 6) is -1.19. The van der Waals surface area contributed by atoms with E-state index in [-0.39, 0.29) is 21.3 Å². The molecule has 21 heavy (non-hydrogen) atoms. The molecule has 0 radical (unpaired) electrons. The number of rotatable bonds is 4.